The predicted molar refractivity (Wildman–Crippen MR) is 114 cm³/mol. The van der Waals surface area contributed by atoms with Crippen LogP contribution in [0.1, 0.15) is 5.56 Å². The summed E-state index contributed by atoms with van der Waals surface area (Å²) in [6.07, 6.45) is 3.01. The number of hydrogen-bond acceptors (Lipinski definition) is 4. The van der Waals surface area contributed by atoms with Gasteiger partial charge in [0, 0.05) is 11.8 Å². The lowest BCUT2D eigenvalue weighted by molar-refractivity contribution is -0.111. The number of carbonyl (C=O) groups excluding carboxylic acids is 1. The van der Waals surface area contributed by atoms with E-state index < -0.39 is 15.8 Å². The van der Waals surface area contributed by atoms with Crippen LogP contribution in [0.5, 0.6) is 5.75 Å². The quantitative estimate of drug-likeness (QED) is 0.552. The smallest absolute Gasteiger partial charge is 0.261 e. The van der Waals surface area contributed by atoms with Gasteiger partial charge >= 0.3 is 0 Å². The highest BCUT2D eigenvalue weighted by molar-refractivity contribution is 7.92. The van der Waals surface area contributed by atoms with Crippen molar-refractivity contribution in [3.63, 3.8) is 0 Å². The molecule has 154 valence electrons. The predicted octanol–water partition coefficient (Wildman–Crippen LogP) is 4.29. The third-order valence-corrected chi connectivity index (χ3v) is 5.47. The van der Waals surface area contributed by atoms with Gasteiger partial charge in [0.25, 0.3) is 10.0 Å². The molecule has 0 aliphatic heterocycles. The van der Waals surface area contributed by atoms with E-state index in [2.05, 4.69) is 10.0 Å². The summed E-state index contributed by atoms with van der Waals surface area (Å²) in [5.74, 6) is -0.323. The maximum atomic E-state index is 13.7. The summed E-state index contributed by atoms with van der Waals surface area (Å²) in [6.45, 7) is 0. The van der Waals surface area contributed by atoms with Crippen molar-refractivity contribution in [3.05, 3.63) is 90.3 Å². The normalized spacial score (nSPS) is 11.3. The largest absolute Gasteiger partial charge is 0.497 e. The van der Waals surface area contributed by atoms with E-state index in [1.807, 2.05) is 12.1 Å². The maximum Gasteiger partial charge on any atom is 0.261 e. The van der Waals surface area contributed by atoms with E-state index in [1.54, 1.807) is 25.3 Å². The number of para-hydroxylation sites is 1. The Balaban J connectivity index is 1.64. The van der Waals surface area contributed by atoms with Crippen LogP contribution in [0, 0.1) is 5.82 Å². The monoisotopic (exact) mass is 426 g/mol. The second-order valence-corrected chi connectivity index (χ2v) is 7.89. The molecule has 0 fully saturated rings. The molecule has 0 saturated heterocycles. The number of anilines is 2. The Bertz CT molecular complexity index is 1160. The van der Waals surface area contributed by atoms with Crippen LogP contribution in [0.15, 0.2) is 83.8 Å². The maximum absolute atomic E-state index is 13.7. The summed E-state index contributed by atoms with van der Waals surface area (Å²) in [7, 11) is -2.39. The summed E-state index contributed by atoms with van der Waals surface area (Å²) in [4.78, 5) is 12.0. The van der Waals surface area contributed by atoms with Crippen molar-refractivity contribution in [3.8, 4) is 5.75 Å². The van der Waals surface area contributed by atoms with E-state index in [4.69, 9.17) is 4.74 Å². The molecule has 0 heterocycles. The number of halogens is 1. The molecule has 30 heavy (non-hydrogen) atoms. The fourth-order valence-corrected chi connectivity index (χ4v) is 3.60. The highest BCUT2D eigenvalue weighted by Gasteiger charge is 2.16. The van der Waals surface area contributed by atoms with Gasteiger partial charge in [0.05, 0.1) is 17.7 Å². The lowest BCUT2D eigenvalue weighted by Gasteiger charge is -2.09. The first kappa shape index (κ1) is 21.1. The Labute approximate surface area is 174 Å². The third-order valence-electron chi connectivity index (χ3n) is 4.09. The van der Waals surface area contributed by atoms with Crippen molar-refractivity contribution < 1.29 is 22.3 Å². The van der Waals surface area contributed by atoms with Crippen molar-refractivity contribution >= 4 is 33.4 Å². The van der Waals surface area contributed by atoms with Crippen LogP contribution in [0.2, 0.25) is 0 Å². The zero-order chi connectivity index (χ0) is 21.6. The number of ether oxygens (including phenoxy) is 1. The van der Waals surface area contributed by atoms with Gasteiger partial charge in [0.15, 0.2) is 0 Å². The Morgan fingerprint density at radius 1 is 0.967 bits per heavy atom. The molecule has 8 heteroatoms. The summed E-state index contributed by atoms with van der Waals surface area (Å²) < 4.78 is 45.8. The summed E-state index contributed by atoms with van der Waals surface area (Å²) in [6, 6.07) is 18.2. The molecule has 1 amide bonds. The second-order valence-electron chi connectivity index (χ2n) is 6.21. The van der Waals surface area contributed by atoms with Gasteiger partial charge in [-0.05, 0) is 60.2 Å². The lowest BCUT2D eigenvalue weighted by Crippen LogP contribution is -2.14. The number of carbonyl (C=O) groups is 1. The zero-order valence-corrected chi connectivity index (χ0v) is 16.8. The molecule has 3 rings (SSSR count). The molecular formula is C22H19FN2O4S. The van der Waals surface area contributed by atoms with E-state index in [0.717, 1.165) is 17.4 Å². The van der Waals surface area contributed by atoms with Crippen LogP contribution in [0.4, 0.5) is 15.8 Å². The number of benzene rings is 3. The first-order valence-corrected chi connectivity index (χ1v) is 10.4. The first-order chi connectivity index (χ1) is 14.4. The van der Waals surface area contributed by atoms with E-state index in [0.29, 0.717) is 5.69 Å². The van der Waals surface area contributed by atoms with Gasteiger partial charge < -0.3 is 10.1 Å². The molecule has 0 radical (unpaired) electrons. The summed E-state index contributed by atoms with van der Waals surface area (Å²) in [5, 5.41) is 2.65. The van der Waals surface area contributed by atoms with E-state index in [-0.39, 0.29) is 16.5 Å². The molecule has 0 bridgehead atoms. The van der Waals surface area contributed by atoms with Gasteiger partial charge in [-0.3, -0.25) is 9.52 Å². The third kappa shape index (κ3) is 5.45. The summed E-state index contributed by atoms with van der Waals surface area (Å²) >= 11 is 0. The number of hydrogen-bond donors (Lipinski definition) is 2. The number of sulfonamides is 1. The molecule has 6 nitrogen and oxygen atoms in total. The topological polar surface area (TPSA) is 84.5 Å². The minimum atomic E-state index is -3.96. The van der Waals surface area contributed by atoms with Gasteiger partial charge in [0.2, 0.25) is 5.91 Å². The molecule has 0 saturated carbocycles. The standard InChI is InChI=1S/C22H19FN2O4S/c1-29-18-11-6-16(7-12-18)8-15-22(26)24-17-9-13-19(14-10-17)30(27,28)25-21-5-3-2-4-20(21)23/h2-15,25H,1H3,(H,24,26)/b15-8+. The number of amides is 1. The van der Waals surface area contributed by atoms with Gasteiger partial charge in [-0.1, -0.05) is 24.3 Å². The minimum Gasteiger partial charge on any atom is -0.497 e. The minimum absolute atomic E-state index is 0.0578. The van der Waals surface area contributed by atoms with E-state index in [9.17, 15) is 17.6 Å². The van der Waals surface area contributed by atoms with Crippen molar-refractivity contribution in [2.45, 2.75) is 4.90 Å². The molecule has 2 N–H and O–H groups in total. The van der Waals surface area contributed by atoms with Gasteiger partial charge in [-0.2, -0.15) is 0 Å². The van der Waals surface area contributed by atoms with Crippen molar-refractivity contribution in [1.82, 2.24) is 0 Å². The summed E-state index contributed by atoms with van der Waals surface area (Å²) in [5.41, 5.74) is 1.11. The highest BCUT2D eigenvalue weighted by Crippen LogP contribution is 2.20. The van der Waals surface area contributed by atoms with Crippen LogP contribution < -0.4 is 14.8 Å². The lowest BCUT2D eigenvalue weighted by atomic mass is 10.2. The molecule has 3 aromatic carbocycles. The highest BCUT2D eigenvalue weighted by atomic mass is 32.2. The Hall–Kier alpha value is -3.65. The van der Waals surface area contributed by atoms with Crippen molar-refractivity contribution in [2.24, 2.45) is 0 Å². The van der Waals surface area contributed by atoms with Gasteiger partial charge in [-0.15, -0.1) is 0 Å². The Kier molecular flexibility index (Phi) is 6.48. The molecule has 0 spiro atoms. The number of methoxy groups -OCH3 is 1. The molecule has 0 unspecified atom stereocenters. The van der Waals surface area contributed by atoms with E-state index >= 15 is 0 Å². The Morgan fingerprint density at radius 2 is 1.63 bits per heavy atom. The molecule has 0 atom stereocenters. The Morgan fingerprint density at radius 3 is 2.27 bits per heavy atom. The van der Waals surface area contributed by atoms with Crippen LogP contribution >= 0.6 is 0 Å². The SMILES string of the molecule is COc1ccc(/C=C/C(=O)Nc2ccc(S(=O)(=O)Nc3ccccc3F)cc2)cc1. The fourth-order valence-electron chi connectivity index (χ4n) is 2.54. The second kappa shape index (κ2) is 9.23. The van der Waals surface area contributed by atoms with Gasteiger partial charge in [0.1, 0.15) is 11.6 Å². The molecule has 0 aliphatic rings. The van der Waals surface area contributed by atoms with Crippen molar-refractivity contribution in [1.29, 1.82) is 0 Å². The number of rotatable bonds is 7. The van der Waals surface area contributed by atoms with Crippen molar-refractivity contribution in [2.75, 3.05) is 17.1 Å². The molecule has 0 aromatic heterocycles. The zero-order valence-electron chi connectivity index (χ0n) is 16.0. The van der Waals surface area contributed by atoms with Gasteiger partial charge in [-0.25, -0.2) is 12.8 Å². The average Bonchev–Trinajstić information content (AvgIpc) is 2.74. The average molecular weight is 426 g/mol. The fraction of sp³-hybridized carbons (Fsp3) is 0.0455. The molecular weight excluding hydrogens is 407 g/mol. The van der Waals surface area contributed by atoms with Crippen LogP contribution in [-0.2, 0) is 14.8 Å². The number of nitrogens with one attached hydrogen (secondary N) is 2. The first-order valence-electron chi connectivity index (χ1n) is 8.88. The van der Waals surface area contributed by atoms with Crippen LogP contribution in [0.3, 0.4) is 0 Å². The van der Waals surface area contributed by atoms with Crippen LogP contribution in [0.25, 0.3) is 6.08 Å². The van der Waals surface area contributed by atoms with Crippen LogP contribution in [-0.4, -0.2) is 21.4 Å². The van der Waals surface area contributed by atoms with E-state index in [1.165, 1.54) is 48.5 Å². The molecule has 3 aromatic rings. The molecule has 0 aliphatic carbocycles.